The lowest BCUT2D eigenvalue weighted by molar-refractivity contribution is -0.283. The van der Waals surface area contributed by atoms with Crippen molar-refractivity contribution >= 4 is 0 Å². The van der Waals surface area contributed by atoms with Crippen molar-refractivity contribution in [3.63, 3.8) is 0 Å². The zero-order valence-corrected chi connectivity index (χ0v) is 7.52. The molecule has 3 nitrogen and oxygen atoms in total. The van der Waals surface area contributed by atoms with Gasteiger partial charge in [-0.3, -0.25) is 0 Å². The summed E-state index contributed by atoms with van der Waals surface area (Å²) in [5.74, 6) is -0.546. The van der Waals surface area contributed by atoms with E-state index in [9.17, 15) is 0 Å². The molecule has 0 radical (unpaired) electrons. The SMILES string of the molecule is CC1(C)COC(C)(CN)OC1. The molecule has 0 aliphatic carbocycles. The van der Waals surface area contributed by atoms with Crippen molar-refractivity contribution in [2.24, 2.45) is 11.1 Å². The summed E-state index contributed by atoms with van der Waals surface area (Å²) in [7, 11) is 0. The third-order valence-electron chi connectivity index (χ3n) is 1.91. The number of ether oxygens (including phenoxy) is 2. The molecule has 3 heteroatoms. The monoisotopic (exact) mass is 159 g/mol. The molecule has 0 aromatic carbocycles. The first-order valence-electron chi connectivity index (χ1n) is 3.95. The predicted octanol–water partition coefficient (Wildman–Crippen LogP) is 0.734. The van der Waals surface area contributed by atoms with Crippen molar-refractivity contribution in [2.75, 3.05) is 19.8 Å². The summed E-state index contributed by atoms with van der Waals surface area (Å²) in [5, 5.41) is 0. The summed E-state index contributed by atoms with van der Waals surface area (Å²) in [4.78, 5) is 0. The second kappa shape index (κ2) is 2.73. The minimum absolute atomic E-state index is 0.134. The zero-order valence-electron chi connectivity index (χ0n) is 7.52. The molecule has 11 heavy (non-hydrogen) atoms. The molecule has 0 amide bonds. The molecule has 0 bridgehead atoms. The van der Waals surface area contributed by atoms with Crippen molar-refractivity contribution in [3.05, 3.63) is 0 Å². The van der Waals surface area contributed by atoms with Gasteiger partial charge in [-0.15, -0.1) is 0 Å². The molecule has 0 unspecified atom stereocenters. The van der Waals surface area contributed by atoms with Crippen LogP contribution in [0.15, 0.2) is 0 Å². The lowest BCUT2D eigenvalue weighted by Crippen LogP contribution is -2.49. The number of rotatable bonds is 1. The average Bonchev–Trinajstić information content (AvgIpc) is 1.97. The Morgan fingerprint density at radius 2 is 1.64 bits per heavy atom. The van der Waals surface area contributed by atoms with Crippen LogP contribution in [0.25, 0.3) is 0 Å². The molecule has 2 N–H and O–H groups in total. The van der Waals surface area contributed by atoms with Crippen LogP contribution in [0.3, 0.4) is 0 Å². The number of hydrogen-bond donors (Lipinski definition) is 1. The maximum atomic E-state index is 5.48. The second-order valence-electron chi connectivity index (χ2n) is 4.08. The summed E-state index contributed by atoms with van der Waals surface area (Å²) in [6, 6.07) is 0. The first-order chi connectivity index (χ1) is 4.97. The zero-order chi connectivity index (χ0) is 8.54. The van der Waals surface area contributed by atoms with Crippen LogP contribution in [0, 0.1) is 5.41 Å². The molecule has 0 aromatic heterocycles. The Balaban J connectivity index is 2.48. The summed E-state index contributed by atoms with van der Waals surface area (Å²) in [6.45, 7) is 7.97. The molecule has 0 saturated carbocycles. The largest absolute Gasteiger partial charge is 0.348 e. The molecule has 1 fully saturated rings. The van der Waals surface area contributed by atoms with Gasteiger partial charge in [-0.05, 0) is 6.92 Å². The molecule has 1 aliphatic rings. The lowest BCUT2D eigenvalue weighted by atomic mass is 9.95. The third kappa shape index (κ3) is 2.15. The van der Waals surface area contributed by atoms with E-state index in [1.54, 1.807) is 0 Å². The topological polar surface area (TPSA) is 44.5 Å². The lowest BCUT2D eigenvalue weighted by Gasteiger charge is -2.40. The van der Waals surface area contributed by atoms with E-state index in [1.807, 2.05) is 6.92 Å². The molecule has 66 valence electrons. The molecule has 0 aromatic rings. The van der Waals surface area contributed by atoms with Gasteiger partial charge in [0.25, 0.3) is 0 Å². The fourth-order valence-corrected chi connectivity index (χ4v) is 0.897. The second-order valence-corrected chi connectivity index (χ2v) is 4.08. The van der Waals surface area contributed by atoms with Crippen molar-refractivity contribution in [1.82, 2.24) is 0 Å². The van der Waals surface area contributed by atoms with Crippen LogP contribution in [-0.4, -0.2) is 25.5 Å². The summed E-state index contributed by atoms with van der Waals surface area (Å²) in [6.07, 6.45) is 0. The summed E-state index contributed by atoms with van der Waals surface area (Å²) >= 11 is 0. The summed E-state index contributed by atoms with van der Waals surface area (Å²) in [5.41, 5.74) is 5.61. The van der Waals surface area contributed by atoms with Crippen LogP contribution in [0.1, 0.15) is 20.8 Å². The normalized spacial score (nSPS) is 28.4. The highest BCUT2D eigenvalue weighted by molar-refractivity contribution is 4.77. The van der Waals surface area contributed by atoms with Gasteiger partial charge in [0.05, 0.1) is 13.2 Å². The van der Waals surface area contributed by atoms with Gasteiger partial charge in [-0.2, -0.15) is 0 Å². The molecule has 1 aliphatic heterocycles. The third-order valence-corrected chi connectivity index (χ3v) is 1.91. The van der Waals surface area contributed by atoms with Crippen LogP contribution in [0.5, 0.6) is 0 Å². The van der Waals surface area contributed by atoms with E-state index in [-0.39, 0.29) is 5.41 Å². The highest BCUT2D eigenvalue weighted by Crippen LogP contribution is 2.27. The molecular weight excluding hydrogens is 142 g/mol. The van der Waals surface area contributed by atoms with E-state index in [4.69, 9.17) is 15.2 Å². The van der Waals surface area contributed by atoms with Gasteiger partial charge in [0.15, 0.2) is 5.79 Å². The average molecular weight is 159 g/mol. The Hall–Kier alpha value is -0.120. The van der Waals surface area contributed by atoms with Crippen LogP contribution < -0.4 is 5.73 Å². The fourth-order valence-electron chi connectivity index (χ4n) is 0.897. The maximum absolute atomic E-state index is 5.48. The molecular formula is C8H17NO2. The van der Waals surface area contributed by atoms with E-state index < -0.39 is 5.79 Å². The van der Waals surface area contributed by atoms with Crippen LogP contribution in [-0.2, 0) is 9.47 Å². The van der Waals surface area contributed by atoms with E-state index in [2.05, 4.69) is 13.8 Å². The van der Waals surface area contributed by atoms with Crippen molar-refractivity contribution < 1.29 is 9.47 Å². The molecule has 1 rings (SSSR count). The van der Waals surface area contributed by atoms with Crippen LogP contribution in [0.4, 0.5) is 0 Å². The van der Waals surface area contributed by atoms with Gasteiger partial charge in [0.1, 0.15) is 0 Å². The molecule has 1 saturated heterocycles. The van der Waals surface area contributed by atoms with Crippen molar-refractivity contribution in [1.29, 1.82) is 0 Å². The first-order valence-corrected chi connectivity index (χ1v) is 3.95. The van der Waals surface area contributed by atoms with Gasteiger partial charge in [0.2, 0.25) is 0 Å². The Bertz CT molecular complexity index is 135. The minimum Gasteiger partial charge on any atom is -0.348 e. The fraction of sp³-hybridized carbons (Fsp3) is 1.00. The standard InChI is InChI=1S/C8H17NO2/c1-7(2)5-10-8(3,4-9)11-6-7/h4-6,9H2,1-3H3. The maximum Gasteiger partial charge on any atom is 0.177 e. The quantitative estimate of drug-likeness (QED) is 0.613. The Morgan fingerprint density at radius 1 is 1.18 bits per heavy atom. The Kier molecular flexibility index (Phi) is 2.23. The van der Waals surface area contributed by atoms with Gasteiger partial charge in [0, 0.05) is 12.0 Å². The Labute approximate surface area is 67.9 Å². The smallest absolute Gasteiger partial charge is 0.177 e. The van der Waals surface area contributed by atoms with Gasteiger partial charge in [-0.25, -0.2) is 0 Å². The predicted molar refractivity (Wildman–Crippen MR) is 43.1 cm³/mol. The van der Waals surface area contributed by atoms with Crippen molar-refractivity contribution in [3.8, 4) is 0 Å². The van der Waals surface area contributed by atoms with E-state index in [1.165, 1.54) is 0 Å². The van der Waals surface area contributed by atoms with Gasteiger partial charge >= 0.3 is 0 Å². The van der Waals surface area contributed by atoms with E-state index >= 15 is 0 Å². The van der Waals surface area contributed by atoms with Crippen LogP contribution >= 0.6 is 0 Å². The highest BCUT2D eigenvalue weighted by atomic mass is 16.7. The van der Waals surface area contributed by atoms with Gasteiger partial charge < -0.3 is 15.2 Å². The van der Waals surface area contributed by atoms with Gasteiger partial charge in [-0.1, -0.05) is 13.8 Å². The van der Waals surface area contributed by atoms with Crippen molar-refractivity contribution in [2.45, 2.75) is 26.6 Å². The molecule has 0 atom stereocenters. The number of nitrogens with two attached hydrogens (primary N) is 1. The van der Waals surface area contributed by atoms with E-state index in [0.717, 1.165) is 13.2 Å². The van der Waals surface area contributed by atoms with E-state index in [0.29, 0.717) is 6.54 Å². The first kappa shape index (κ1) is 8.97. The minimum atomic E-state index is -0.546. The Morgan fingerprint density at radius 3 is 2.00 bits per heavy atom. The molecule has 0 spiro atoms. The highest BCUT2D eigenvalue weighted by Gasteiger charge is 2.35. The summed E-state index contributed by atoms with van der Waals surface area (Å²) < 4.78 is 11.0. The number of hydrogen-bond acceptors (Lipinski definition) is 3. The van der Waals surface area contributed by atoms with Crippen LogP contribution in [0.2, 0.25) is 0 Å². The molecule has 1 heterocycles.